The molecule has 178 valence electrons. The number of rotatable bonds is 6. The number of carbonyl (C=O) groups excluding carboxylic acids is 2. The molecule has 1 heterocycles. The second-order valence-electron chi connectivity index (χ2n) is 7.32. The molecule has 1 fully saturated rings. The van der Waals surface area contributed by atoms with Gasteiger partial charge in [-0.1, -0.05) is 6.07 Å². The van der Waals surface area contributed by atoms with Crippen LogP contribution in [0.25, 0.3) is 0 Å². The quantitative estimate of drug-likeness (QED) is 0.679. The maximum Gasteiger partial charge on any atom is 0.422 e. The molecule has 1 N–H and O–H groups in total. The van der Waals surface area contributed by atoms with E-state index >= 15 is 0 Å². The number of hydrogen-bond donors (Lipinski definition) is 1. The number of ether oxygens (including phenoxy) is 1. The maximum atomic E-state index is 13.0. The summed E-state index contributed by atoms with van der Waals surface area (Å²) in [5, 5.41) is 2.56. The largest absolute Gasteiger partial charge is 0.484 e. The van der Waals surface area contributed by atoms with Crippen LogP contribution in [-0.4, -0.2) is 68.4 Å². The standard InChI is InChI=1S/C21H22F3N3O5S/c1-15(28)26-9-11-27(12-10-26)33(30,31)19-4-2-3-16(13-19)20(29)25-17-5-7-18(8-6-17)32-14-21(22,23)24/h2-8,13H,9-12,14H2,1H3,(H,25,29). The monoisotopic (exact) mass is 485 g/mol. The molecular formula is C21H22F3N3O5S. The number of carbonyl (C=O) groups is 2. The molecule has 2 amide bonds. The third-order valence-electron chi connectivity index (χ3n) is 4.93. The summed E-state index contributed by atoms with van der Waals surface area (Å²) < 4.78 is 68.5. The van der Waals surface area contributed by atoms with Crippen molar-refractivity contribution in [3.05, 3.63) is 54.1 Å². The molecule has 8 nitrogen and oxygen atoms in total. The van der Waals surface area contributed by atoms with Crippen molar-refractivity contribution in [2.24, 2.45) is 0 Å². The lowest BCUT2D eigenvalue weighted by atomic mass is 10.2. The Morgan fingerprint density at radius 3 is 2.24 bits per heavy atom. The second-order valence-corrected chi connectivity index (χ2v) is 9.26. The van der Waals surface area contributed by atoms with E-state index in [4.69, 9.17) is 0 Å². The van der Waals surface area contributed by atoms with Crippen LogP contribution in [0, 0.1) is 0 Å². The molecule has 0 bridgehead atoms. The predicted molar refractivity (Wildman–Crippen MR) is 113 cm³/mol. The third kappa shape index (κ3) is 6.45. The van der Waals surface area contributed by atoms with Crippen molar-refractivity contribution in [2.75, 3.05) is 38.1 Å². The van der Waals surface area contributed by atoms with Gasteiger partial charge in [-0.3, -0.25) is 9.59 Å². The van der Waals surface area contributed by atoms with Crippen molar-refractivity contribution in [3.8, 4) is 5.75 Å². The Balaban J connectivity index is 1.66. The summed E-state index contributed by atoms with van der Waals surface area (Å²) in [6, 6.07) is 10.8. The fourth-order valence-electron chi connectivity index (χ4n) is 3.19. The molecule has 3 rings (SSSR count). The zero-order valence-corrected chi connectivity index (χ0v) is 18.4. The zero-order valence-electron chi connectivity index (χ0n) is 17.6. The van der Waals surface area contributed by atoms with Gasteiger partial charge in [0.15, 0.2) is 6.61 Å². The fraction of sp³-hybridized carbons (Fsp3) is 0.333. The van der Waals surface area contributed by atoms with Gasteiger partial charge in [0.25, 0.3) is 5.91 Å². The lowest BCUT2D eigenvalue weighted by Gasteiger charge is -2.33. The van der Waals surface area contributed by atoms with Gasteiger partial charge in [0.2, 0.25) is 15.9 Å². The summed E-state index contributed by atoms with van der Waals surface area (Å²) in [6.45, 7) is 0.885. The minimum Gasteiger partial charge on any atom is -0.484 e. The van der Waals surface area contributed by atoms with Crippen LogP contribution < -0.4 is 10.1 Å². The first-order valence-electron chi connectivity index (χ1n) is 9.92. The average molecular weight is 485 g/mol. The van der Waals surface area contributed by atoms with Gasteiger partial charge in [-0.25, -0.2) is 8.42 Å². The molecule has 2 aromatic carbocycles. The van der Waals surface area contributed by atoms with Crippen LogP contribution in [0.5, 0.6) is 5.75 Å². The summed E-state index contributed by atoms with van der Waals surface area (Å²) in [4.78, 5) is 25.5. The van der Waals surface area contributed by atoms with Gasteiger partial charge in [-0.2, -0.15) is 17.5 Å². The van der Waals surface area contributed by atoms with Crippen LogP contribution >= 0.6 is 0 Å². The molecule has 12 heteroatoms. The van der Waals surface area contributed by atoms with Gasteiger partial charge in [-0.05, 0) is 42.5 Å². The Morgan fingerprint density at radius 1 is 1.03 bits per heavy atom. The summed E-state index contributed by atoms with van der Waals surface area (Å²) in [5.41, 5.74) is 0.392. The minimum absolute atomic E-state index is 0.0108. The Kier molecular flexibility index (Phi) is 7.28. The molecule has 0 saturated carbocycles. The van der Waals surface area contributed by atoms with E-state index in [1.807, 2.05) is 0 Å². The second kappa shape index (κ2) is 9.79. The minimum atomic E-state index is -4.46. The Hall–Kier alpha value is -3.12. The third-order valence-corrected chi connectivity index (χ3v) is 6.83. The first kappa shape index (κ1) is 24.5. The molecular weight excluding hydrogens is 463 g/mol. The zero-order chi connectivity index (χ0) is 24.2. The van der Waals surface area contributed by atoms with Crippen LogP contribution in [0.2, 0.25) is 0 Å². The van der Waals surface area contributed by atoms with E-state index in [1.54, 1.807) is 4.90 Å². The topological polar surface area (TPSA) is 96.0 Å². The number of alkyl halides is 3. The van der Waals surface area contributed by atoms with Gasteiger partial charge in [-0.15, -0.1) is 0 Å². The van der Waals surface area contributed by atoms with Crippen molar-refractivity contribution in [3.63, 3.8) is 0 Å². The van der Waals surface area contributed by atoms with Crippen LogP contribution in [0.15, 0.2) is 53.4 Å². The van der Waals surface area contributed by atoms with Crippen molar-refractivity contribution in [2.45, 2.75) is 18.0 Å². The highest BCUT2D eigenvalue weighted by Crippen LogP contribution is 2.22. The van der Waals surface area contributed by atoms with Crippen molar-refractivity contribution >= 4 is 27.5 Å². The normalized spacial score (nSPS) is 15.2. The SMILES string of the molecule is CC(=O)N1CCN(S(=O)(=O)c2cccc(C(=O)Nc3ccc(OCC(F)(F)F)cc3)c2)CC1. The van der Waals surface area contributed by atoms with Gasteiger partial charge in [0.05, 0.1) is 4.90 Å². The highest BCUT2D eigenvalue weighted by molar-refractivity contribution is 7.89. The van der Waals surface area contributed by atoms with E-state index in [-0.39, 0.29) is 48.3 Å². The first-order chi connectivity index (χ1) is 15.5. The fourth-order valence-corrected chi connectivity index (χ4v) is 4.66. The maximum absolute atomic E-state index is 13.0. The smallest absolute Gasteiger partial charge is 0.422 e. The Morgan fingerprint density at radius 2 is 1.67 bits per heavy atom. The average Bonchev–Trinajstić information content (AvgIpc) is 2.78. The first-order valence-corrected chi connectivity index (χ1v) is 11.4. The van der Waals surface area contributed by atoms with Gasteiger partial charge in [0, 0.05) is 44.4 Å². The van der Waals surface area contributed by atoms with E-state index in [9.17, 15) is 31.2 Å². The lowest BCUT2D eigenvalue weighted by Crippen LogP contribution is -2.49. The van der Waals surface area contributed by atoms with Crippen molar-refractivity contribution in [1.29, 1.82) is 0 Å². The molecule has 1 aliphatic rings. The number of piperazine rings is 1. The Labute approximate surface area is 189 Å². The van der Waals surface area contributed by atoms with Crippen LogP contribution in [0.4, 0.5) is 18.9 Å². The van der Waals surface area contributed by atoms with Crippen LogP contribution in [0.1, 0.15) is 17.3 Å². The molecule has 0 aliphatic carbocycles. The molecule has 0 aromatic heterocycles. The molecule has 0 atom stereocenters. The Bertz CT molecular complexity index is 1110. The highest BCUT2D eigenvalue weighted by Gasteiger charge is 2.30. The molecule has 0 spiro atoms. The van der Waals surface area contributed by atoms with Crippen LogP contribution in [-0.2, 0) is 14.8 Å². The van der Waals surface area contributed by atoms with Gasteiger partial charge in [0.1, 0.15) is 5.75 Å². The number of nitrogens with one attached hydrogen (secondary N) is 1. The van der Waals surface area contributed by atoms with E-state index in [0.29, 0.717) is 5.69 Å². The summed E-state index contributed by atoms with van der Waals surface area (Å²) in [5.74, 6) is -0.716. The van der Waals surface area contributed by atoms with Crippen LogP contribution in [0.3, 0.4) is 0 Å². The molecule has 1 aliphatic heterocycles. The highest BCUT2D eigenvalue weighted by atomic mass is 32.2. The van der Waals surface area contributed by atoms with E-state index in [0.717, 1.165) is 0 Å². The van der Waals surface area contributed by atoms with E-state index < -0.39 is 28.7 Å². The lowest BCUT2D eigenvalue weighted by molar-refractivity contribution is -0.153. The van der Waals surface area contributed by atoms with Crippen molar-refractivity contribution in [1.82, 2.24) is 9.21 Å². The number of hydrogen-bond acceptors (Lipinski definition) is 5. The number of sulfonamides is 1. The molecule has 2 aromatic rings. The number of benzene rings is 2. The molecule has 0 unspecified atom stereocenters. The summed E-state index contributed by atoms with van der Waals surface area (Å²) in [7, 11) is -3.86. The summed E-state index contributed by atoms with van der Waals surface area (Å²) >= 11 is 0. The van der Waals surface area contributed by atoms with E-state index in [1.165, 1.54) is 59.8 Å². The van der Waals surface area contributed by atoms with Crippen molar-refractivity contribution < 1.29 is 35.9 Å². The van der Waals surface area contributed by atoms with Gasteiger partial charge >= 0.3 is 6.18 Å². The number of halogens is 3. The predicted octanol–water partition coefficient (Wildman–Crippen LogP) is 2.73. The summed E-state index contributed by atoms with van der Waals surface area (Å²) in [6.07, 6.45) is -4.46. The van der Waals surface area contributed by atoms with E-state index in [2.05, 4.69) is 10.1 Å². The molecule has 1 saturated heterocycles. The van der Waals surface area contributed by atoms with Gasteiger partial charge < -0.3 is 15.0 Å². The number of anilines is 1. The number of nitrogens with zero attached hydrogens (tertiary/aromatic N) is 2. The number of amides is 2. The molecule has 0 radical (unpaired) electrons. The molecule has 33 heavy (non-hydrogen) atoms.